The van der Waals surface area contributed by atoms with E-state index < -0.39 is 0 Å². The Morgan fingerprint density at radius 1 is 1.33 bits per heavy atom. The van der Waals surface area contributed by atoms with E-state index in [0.717, 1.165) is 21.6 Å². The van der Waals surface area contributed by atoms with Crippen LogP contribution in [0.2, 0.25) is 0 Å². The summed E-state index contributed by atoms with van der Waals surface area (Å²) in [6, 6.07) is 0.581. The van der Waals surface area contributed by atoms with Gasteiger partial charge in [-0.15, -0.1) is 10.2 Å². The zero-order valence-corrected chi connectivity index (χ0v) is 11.8. The molecule has 0 spiro atoms. The standard InChI is InChI=1S/C11H15N5S2/c1-7-4-2-3-5-16(7)11-13-6-8(17-11)9-14-15-10(12)18-9/h6-7H,2-5H2,1H3,(H2,12,15). The lowest BCUT2D eigenvalue weighted by Gasteiger charge is -2.32. The molecule has 3 rings (SSSR count). The van der Waals surface area contributed by atoms with E-state index in [1.165, 1.54) is 30.6 Å². The number of nitrogen functional groups attached to an aromatic ring is 1. The maximum Gasteiger partial charge on any atom is 0.203 e. The number of thiazole rings is 1. The fraction of sp³-hybridized carbons (Fsp3) is 0.545. The van der Waals surface area contributed by atoms with Crippen LogP contribution in [0.15, 0.2) is 6.20 Å². The van der Waals surface area contributed by atoms with Gasteiger partial charge < -0.3 is 10.6 Å². The maximum absolute atomic E-state index is 5.61. The third kappa shape index (κ3) is 2.20. The van der Waals surface area contributed by atoms with Gasteiger partial charge in [0.15, 0.2) is 10.1 Å². The molecule has 2 N–H and O–H groups in total. The van der Waals surface area contributed by atoms with Gasteiger partial charge in [-0.3, -0.25) is 0 Å². The van der Waals surface area contributed by atoms with E-state index in [2.05, 4.69) is 27.0 Å². The second-order valence-electron chi connectivity index (χ2n) is 4.49. The summed E-state index contributed by atoms with van der Waals surface area (Å²) < 4.78 is 0. The van der Waals surface area contributed by atoms with Crippen LogP contribution in [-0.4, -0.2) is 27.8 Å². The first-order chi connectivity index (χ1) is 8.74. The highest BCUT2D eigenvalue weighted by molar-refractivity contribution is 7.24. The Hall–Kier alpha value is -1.21. The number of nitrogens with zero attached hydrogens (tertiary/aromatic N) is 4. The van der Waals surface area contributed by atoms with Crippen molar-refractivity contribution in [1.29, 1.82) is 0 Å². The average Bonchev–Trinajstić information content (AvgIpc) is 2.98. The summed E-state index contributed by atoms with van der Waals surface area (Å²) in [4.78, 5) is 7.96. The molecule has 0 aliphatic carbocycles. The Morgan fingerprint density at radius 3 is 2.94 bits per heavy atom. The monoisotopic (exact) mass is 281 g/mol. The highest BCUT2D eigenvalue weighted by Gasteiger charge is 2.21. The highest BCUT2D eigenvalue weighted by Crippen LogP contribution is 2.35. The van der Waals surface area contributed by atoms with Crippen LogP contribution >= 0.6 is 22.7 Å². The Balaban J connectivity index is 1.84. The zero-order chi connectivity index (χ0) is 12.5. The number of piperidine rings is 1. The molecule has 1 atom stereocenters. The van der Waals surface area contributed by atoms with E-state index in [1.54, 1.807) is 11.3 Å². The third-order valence-corrected chi connectivity index (χ3v) is 5.15. The summed E-state index contributed by atoms with van der Waals surface area (Å²) >= 11 is 3.09. The van der Waals surface area contributed by atoms with Crippen molar-refractivity contribution < 1.29 is 0 Å². The minimum Gasteiger partial charge on any atom is -0.374 e. The Kier molecular flexibility index (Phi) is 3.17. The smallest absolute Gasteiger partial charge is 0.203 e. The second-order valence-corrected chi connectivity index (χ2v) is 6.51. The van der Waals surface area contributed by atoms with Gasteiger partial charge in [-0.25, -0.2) is 4.98 Å². The van der Waals surface area contributed by atoms with Crippen molar-refractivity contribution in [3.8, 4) is 9.88 Å². The maximum atomic E-state index is 5.61. The first-order valence-electron chi connectivity index (χ1n) is 6.06. The number of hydrogen-bond acceptors (Lipinski definition) is 7. The quantitative estimate of drug-likeness (QED) is 0.916. The molecule has 5 nitrogen and oxygen atoms in total. The number of hydrogen-bond donors (Lipinski definition) is 1. The van der Waals surface area contributed by atoms with Crippen LogP contribution in [0.25, 0.3) is 9.88 Å². The predicted molar refractivity (Wildman–Crippen MR) is 76.1 cm³/mol. The SMILES string of the molecule is CC1CCCCN1c1ncc(-c2nnc(N)s2)s1. The molecule has 0 bridgehead atoms. The van der Waals surface area contributed by atoms with Crippen molar-refractivity contribution in [1.82, 2.24) is 15.2 Å². The average molecular weight is 281 g/mol. The van der Waals surface area contributed by atoms with Gasteiger partial charge in [0.05, 0.1) is 11.1 Å². The minimum absolute atomic E-state index is 0.506. The van der Waals surface area contributed by atoms with E-state index in [-0.39, 0.29) is 0 Å². The largest absolute Gasteiger partial charge is 0.374 e. The molecule has 1 aliphatic rings. The molecule has 1 fully saturated rings. The van der Waals surface area contributed by atoms with E-state index in [0.29, 0.717) is 11.2 Å². The van der Waals surface area contributed by atoms with Gasteiger partial charge in [-0.1, -0.05) is 22.7 Å². The third-order valence-electron chi connectivity index (χ3n) is 3.19. The van der Waals surface area contributed by atoms with Crippen LogP contribution < -0.4 is 10.6 Å². The van der Waals surface area contributed by atoms with Crippen LogP contribution in [0.5, 0.6) is 0 Å². The number of nitrogens with two attached hydrogens (primary N) is 1. The lowest BCUT2D eigenvalue weighted by molar-refractivity contribution is 0.484. The Morgan fingerprint density at radius 2 is 2.22 bits per heavy atom. The van der Waals surface area contributed by atoms with Gasteiger partial charge in [0, 0.05) is 12.6 Å². The Bertz CT molecular complexity index is 535. The van der Waals surface area contributed by atoms with Crippen molar-refractivity contribution in [2.45, 2.75) is 32.2 Å². The molecule has 1 saturated heterocycles. The summed E-state index contributed by atoms with van der Waals surface area (Å²) in [5.41, 5.74) is 5.61. The van der Waals surface area contributed by atoms with Gasteiger partial charge in [0.2, 0.25) is 5.13 Å². The minimum atomic E-state index is 0.506. The van der Waals surface area contributed by atoms with Crippen LogP contribution in [0.4, 0.5) is 10.3 Å². The molecule has 0 radical (unpaired) electrons. The number of anilines is 2. The fourth-order valence-electron chi connectivity index (χ4n) is 2.21. The van der Waals surface area contributed by atoms with E-state index in [9.17, 15) is 0 Å². The van der Waals surface area contributed by atoms with Crippen LogP contribution in [0.3, 0.4) is 0 Å². The van der Waals surface area contributed by atoms with Gasteiger partial charge in [0.25, 0.3) is 0 Å². The van der Waals surface area contributed by atoms with E-state index >= 15 is 0 Å². The lowest BCUT2D eigenvalue weighted by atomic mass is 10.1. The molecule has 96 valence electrons. The molecule has 3 heterocycles. The van der Waals surface area contributed by atoms with Crippen LogP contribution in [0, 0.1) is 0 Å². The lowest BCUT2D eigenvalue weighted by Crippen LogP contribution is -2.37. The van der Waals surface area contributed by atoms with E-state index in [1.807, 2.05) is 6.20 Å². The van der Waals surface area contributed by atoms with E-state index in [4.69, 9.17) is 5.73 Å². The summed E-state index contributed by atoms with van der Waals surface area (Å²) in [5.74, 6) is 0. The van der Waals surface area contributed by atoms with Gasteiger partial charge >= 0.3 is 0 Å². The number of aromatic nitrogens is 3. The molecule has 0 aromatic carbocycles. The van der Waals surface area contributed by atoms with Gasteiger partial charge in [0.1, 0.15) is 0 Å². The predicted octanol–water partition coefficient (Wildman–Crippen LogP) is 2.62. The Labute approximate surface area is 114 Å². The molecule has 2 aromatic heterocycles. The molecular formula is C11H15N5S2. The van der Waals surface area contributed by atoms with Crippen molar-refractivity contribution >= 4 is 32.9 Å². The fourth-order valence-corrected chi connectivity index (χ4v) is 3.90. The summed E-state index contributed by atoms with van der Waals surface area (Å²) in [5, 5.41) is 10.4. The van der Waals surface area contributed by atoms with Crippen molar-refractivity contribution in [2.75, 3.05) is 17.2 Å². The number of rotatable bonds is 2. The van der Waals surface area contributed by atoms with Gasteiger partial charge in [-0.2, -0.15) is 0 Å². The van der Waals surface area contributed by atoms with Crippen molar-refractivity contribution in [3.63, 3.8) is 0 Å². The summed E-state index contributed by atoms with van der Waals surface area (Å²) in [6.07, 6.45) is 5.70. The molecule has 0 saturated carbocycles. The molecule has 18 heavy (non-hydrogen) atoms. The van der Waals surface area contributed by atoms with Crippen LogP contribution in [-0.2, 0) is 0 Å². The second kappa shape index (κ2) is 4.81. The summed E-state index contributed by atoms with van der Waals surface area (Å²) in [7, 11) is 0. The molecule has 7 heteroatoms. The molecule has 1 unspecified atom stereocenters. The van der Waals surface area contributed by atoms with Crippen molar-refractivity contribution in [3.05, 3.63) is 6.20 Å². The first-order valence-corrected chi connectivity index (χ1v) is 7.69. The zero-order valence-electron chi connectivity index (χ0n) is 10.2. The normalized spacial score (nSPS) is 20.3. The van der Waals surface area contributed by atoms with Crippen molar-refractivity contribution in [2.24, 2.45) is 0 Å². The molecule has 1 aliphatic heterocycles. The van der Waals surface area contributed by atoms with Crippen LogP contribution in [0.1, 0.15) is 26.2 Å². The summed E-state index contributed by atoms with van der Waals surface area (Å²) in [6.45, 7) is 3.37. The molecule has 2 aromatic rings. The highest BCUT2D eigenvalue weighted by atomic mass is 32.1. The topological polar surface area (TPSA) is 67.9 Å². The first kappa shape index (κ1) is 11.9. The molecule has 0 amide bonds. The molecular weight excluding hydrogens is 266 g/mol. The van der Waals surface area contributed by atoms with Gasteiger partial charge in [-0.05, 0) is 26.2 Å².